The minimum atomic E-state index is -3.86. The molecule has 1 heterocycles. The van der Waals surface area contributed by atoms with E-state index in [2.05, 4.69) is 10.9 Å². The number of sulfonamides is 1. The van der Waals surface area contributed by atoms with Gasteiger partial charge >= 0.3 is 0 Å². The summed E-state index contributed by atoms with van der Waals surface area (Å²) in [6.45, 7) is 0.143. The summed E-state index contributed by atoms with van der Waals surface area (Å²) in [4.78, 5) is 16.6. The minimum absolute atomic E-state index is 0.0458. The van der Waals surface area contributed by atoms with Gasteiger partial charge in [-0.25, -0.2) is 17.9 Å². The zero-order chi connectivity index (χ0) is 18.9. The fourth-order valence-corrected chi connectivity index (χ4v) is 3.99. The summed E-state index contributed by atoms with van der Waals surface area (Å²) >= 11 is 1.11. The van der Waals surface area contributed by atoms with E-state index in [0.717, 1.165) is 11.3 Å². The molecular formula is C17H12FN3O3S2. The van der Waals surface area contributed by atoms with Crippen LogP contribution in [0.2, 0.25) is 0 Å². The van der Waals surface area contributed by atoms with Crippen LogP contribution in [0, 0.1) is 18.2 Å². The Morgan fingerprint density at radius 3 is 2.58 bits per heavy atom. The second-order valence-electron chi connectivity index (χ2n) is 5.27. The third kappa shape index (κ3) is 3.57. The van der Waals surface area contributed by atoms with E-state index >= 15 is 0 Å². The molecule has 0 atom stereocenters. The smallest absolute Gasteiger partial charge is 0.279 e. The van der Waals surface area contributed by atoms with Gasteiger partial charge in [-0.3, -0.25) is 4.79 Å². The van der Waals surface area contributed by atoms with Crippen molar-refractivity contribution in [3.63, 3.8) is 0 Å². The van der Waals surface area contributed by atoms with Crippen LogP contribution < -0.4 is 9.94 Å². The second kappa shape index (κ2) is 6.84. The second-order valence-corrected chi connectivity index (χ2v) is 7.84. The molecule has 3 aromatic rings. The van der Waals surface area contributed by atoms with Gasteiger partial charge in [-0.05, 0) is 42.5 Å². The number of hydrogen-bond donors (Lipinski definition) is 1. The van der Waals surface area contributed by atoms with Crippen molar-refractivity contribution in [1.29, 1.82) is 0 Å². The van der Waals surface area contributed by atoms with Gasteiger partial charge in [0.2, 0.25) is 10.0 Å². The first kappa shape index (κ1) is 18.0. The number of fused-ring (bicyclic) bond motifs is 1. The number of aromatic nitrogens is 1. The molecule has 0 saturated carbocycles. The van der Waals surface area contributed by atoms with Crippen LogP contribution in [0.1, 0.15) is 10.4 Å². The molecule has 1 amide bonds. The van der Waals surface area contributed by atoms with Crippen molar-refractivity contribution in [2.45, 2.75) is 11.4 Å². The highest BCUT2D eigenvalue weighted by atomic mass is 32.2. The van der Waals surface area contributed by atoms with Gasteiger partial charge in [0.25, 0.3) is 5.91 Å². The van der Waals surface area contributed by atoms with E-state index in [0.29, 0.717) is 15.0 Å². The Bertz CT molecular complexity index is 1220. The van der Waals surface area contributed by atoms with Crippen LogP contribution in [0.25, 0.3) is 10.2 Å². The van der Waals surface area contributed by atoms with Crippen molar-refractivity contribution in [2.24, 2.45) is 10.1 Å². The van der Waals surface area contributed by atoms with Crippen LogP contribution in [0.4, 0.5) is 4.39 Å². The van der Waals surface area contributed by atoms with Crippen molar-refractivity contribution in [1.82, 2.24) is 4.57 Å². The van der Waals surface area contributed by atoms with Crippen LogP contribution in [0.15, 0.2) is 52.4 Å². The average Bonchev–Trinajstić information content (AvgIpc) is 2.92. The Hall–Kier alpha value is -2.80. The predicted molar refractivity (Wildman–Crippen MR) is 96.3 cm³/mol. The molecule has 0 spiro atoms. The lowest BCUT2D eigenvalue weighted by Gasteiger charge is -2.01. The van der Waals surface area contributed by atoms with Gasteiger partial charge in [0.1, 0.15) is 5.82 Å². The molecular weight excluding hydrogens is 377 g/mol. The lowest BCUT2D eigenvalue weighted by molar-refractivity contribution is 0.0998. The Kier molecular flexibility index (Phi) is 4.73. The molecule has 2 N–H and O–H groups in total. The van der Waals surface area contributed by atoms with Crippen molar-refractivity contribution in [3.8, 4) is 12.3 Å². The van der Waals surface area contributed by atoms with Gasteiger partial charge in [0.05, 0.1) is 21.7 Å². The van der Waals surface area contributed by atoms with Gasteiger partial charge in [0, 0.05) is 5.56 Å². The normalized spacial score (nSPS) is 12.3. The molecule has 0 bridgehead atoms. The number of carbonyl (C=O) groups is 1. The number of nitrogens with zero attached hydrogens (tertiary/aromatic N) is 2. The molecule has 9 heteroatoms. The van der Waals surface area contributed by atoms with Gasteiger partial charge in [-0.1, -0.05) is 17.3 Å². The Morgan fingerprint density at radius 1 is 1.27 bits per heavy atom. The Labute approximate surface area is 152 Å². The zero-order valence-electron chi connectivity index (χ0n) is 13.2. The predicted octanol–water partition coefficient (Wildman–Crippen LogP) is 1.86. The SMILES string of the molecule is C#CCn1c(=NC(=O)c2ccc(F)cc2)sc2cc(S(N)(=O)=O)ccc21. The number of nitrogens with two attached hydrogens (primary N) is 1. The van der Waals surface area contributed by atoms with Crippen LogP contribution in [0.5, 0.6) is 0 Å². The van der Waals surface area contributed by atoms with Crippen LogP contribution in [0.3, 0.4) is 0 Å². The van der Waals surface area contributed by atoms with E-state index < -0.39 is 21.7 Å². The topological polar surface area (TPSA) is 94.5 Å². The quantitative estimate of drug-likeness (QED) is 0.693. The molecule has 0 aliphatic carbocycles. The zero-order valence-corrected chi connectivity index (χ0v) is 14.8. The Morgan fingerprint density at radius 2 is 1.96 bits per heavy atom. The van der Waals surface area contributed by atoms with E-state index in [9.17, 15) is 17.6 Å². The standard InChI is InChI=1S/C17H12FN3O3S2/c1-2-9-21-14-8-7-13(26(19,23)24)10-15(14)25-17(21)20-16(22)11-3-5-12(18)6-4-11/h1,3-8,10H,9H2,(H2,19,23,24). The van der Waals surface area contributed by atoms with E-state index in [-0.39, 0.29) is 17.0 Å². The number of amides is 1. The summed E-state index contributed by atoms with van der Waals surface area (Å²) < 4.78 is 38.2. The molecule has 132 valence electrons. The Balaban J connectivity index is 2.18. The summed E-state index contributed by atoms with van der Waals surface area (Å²) in [6.07, 6.45) is 5.39. The van der Waals surface area contributed by atoms with Crippen LogP contribution in [-0.2, 0) is 16.6 Å². The van der Waals surface area contributed by atoms with Crippen molar-refractivity contribution < 1.29 is 17.6 Å². The van der Waals surface area contributed by atoms with E-state index in [1.165, 1.54) is 36.4 Å². The molecule has 0 unspecified atom stereocenters. The van der Waals surface area contributed by atoms with Gasteiger partial charge in [0.15, 0.2) is 4.80 Å². The number of rotatable bonds is 3. The highest BCUT2D eigenvalue weighted by Gasteiger charge is 2.13. The molecule has 1 aromatic heterocycles. The highest BCUT2D eigenvalue weighted by Crippen LogP contribution is 2.21. The van der Waals surface area contributed by atoms with E-state index in [1.54, 1.807) is 10.6 Å². The lowest BCUT2D eigenvalue weighted by atomic mass is 10.2. The molecule has 26 heavy (non-hydrogen) atoms. The van der Waals surface area contributed by atoms with Crippen LogP contribution in [-0.4, -0.2) is 18.9 Å². The summed E-state index contributed by atoms with van der Waals surface area (Å²) in [5.41, 5.74) is 0.854. The molecule has 3 rings (SSSR count). The third-order valence-electron chi connectivity index (χ3n) is 3.52. The van der Waals surface area contributed by atoms with Crippen LogP contribution >= 0.6 is 11.3 Å². The maximum Gasteiger partial charge on any atom is 0.279 e. The minimum Gasteiger partial charge on any atom is -0.305 e. The molecule has 0 aliphatic heterocycles. The molecule has 0 radical (unpaired) electrons. The molecule has 0 aliphatic rings. The number of carbonyl (C=O) groups excluding carboxylic acids is 1. The maximum atomic E-state index is 13.0. The third-order valence-corrected chi connectivity index (χ3v) is 5.47. The van der Waals surface area contributed by atoms with Crippen molar-refractivity contribution in [2.75, 3.05) is 0 Å². The maximum absolute atomic E-state index is 13.0. The van der Waals surface area contributed by atoms with Gasteiger partial charge < -0.3 is 4.57 Å². The molecule has 0 fully saturated rings. The first-order chi connectivity index (χ1) is 12.3. The van der Waals surface area contributed by atoms with Crippen molar-refractivity contribution in [3.05, 3.63) is 58.6 Å². The van der Waals surface area contributed by atoms with E-state index in [4.69, 9.17) is 11.6 Å². The van der Waals surface area contributed by atoms with Crippen molar-refractivity contribution >= 4 is 37.5 Å². The number of benzene rings is 2. The lowest BCUT2D eigenvalue weighted by Crippen LogP contribution is -2.16. The average molecular weight is 389 g/mol. The fraction of sp³-hybridized carbons (Fsp3) is 0.0588. The summed E-state index contributed by atoms with van der Waals surface area (Å²) in [6, 6.07) is 9.33. The first-order valence-corrected chi connectivity index (χ1v) is 9.60. The summed E-state index contributed by atoms with van der Waals surface area (Å²) in [5.74, 6) is 1.46. The molecule has 2 aromatic carbocycles. The van der Waals surface area contributed by atoms with Gasteiger partial charge in [-0.2, -0.15) is 4.99 Å². The largest absolute Gasteiger partial charge is 0.305 e. The molecule has 0 saturated heterocycles. The summed E-state index contributed by atoms with van der Waals surface area (Å²) in [5, 5.41) is 5.15. The summed E-state index contributed by atoms with van der Waals surface area (Å²) in [7, 11) is -3.86. The highest BCUT2D eigenvalue weighted by molar-refractivity contribution is 7.89. The van der Waals surface area contributed by atoms with Gasteiger partial charge in [-0.15, -0.1) is 6.42 Å². The monoisotopic (exact) mass is 389 g/mol. The number of halogens is 1. The first-order valence-electron chi connectivity index (χ1n) is 7.24. The number of hydrogen-bond acceptors (Lipinski definition) is 4. The number of thiazole rings is 1. The number of primary sulfonamides is 1. The number of terminal acetylenes is 1. The van der Waals surface area contributed by atoms with E-state index in [1.807, 2.05) is 0 Å². The fourth-order valence-electron chi connectivity index (χ4n) is 2.30. The molecule has 6 nitrogen and oxygen atoms in total.